The van der Waals surface area contributed by atoms with Gasteiger partial charge in [0.2, 0.25) is 16.0 Å². The smallest absolute Gasteiger partial charge is 0.475 e. The number of carbonyl (C=O) groups is 1. The zero-order valence-corrected chi connectivity index (χ0v) is 26.3. The van der Waals surface area contributed by atoms with Crippen molar-refractivity contribution in [3.63, 3.8) is 0 Å². The topological polar surface area (TPSA) is 125 Å². The number of fused-ring (bicyclic) bond motifs is 1. The van der Waals surface area contributed by atoms with Crippen LogP contribution in [0, 0.1) is 11.8 Å². The quantitative estimate of drug-likeness (QED) is 0.203. The number of nitrogens with one attached hydrogen (secondary N) is 2. The molecule has 1 heterocycles. The second-order valence-electron chi connectivity index (χ2n) is 11.1. The van der Waals surface area contributed by atoms with Gasteiger partial charge in [0, 0.05) is 32.1 Å². The first-order chi connectivity index (χ1) is 22.1. The summed E-state index contributed by atoms with van der Waals surface area (Å²) in [5.41, 5.74) is -2.53. The third-order valence-electron chi connectivity index (χ3n) is 7.61. The van der Waals surface area contributed by atoms with Crippen LogP contribution in [-0.4, -0.2) is 62.3 Å². The van der Waals surface area contributed by atoms with E-state index >= 15 is 0 Å². The van der Waals surface area contributed by atoms with Gasteiger partial charge in [0.05, 0.1) is 21.5 Å². The van der Waals surface area contributed by atoms with E-state index in [0.717, 1.165) is 36.1 Å². The minimum Gasteiger partial charge on any atom is -0.475 e. The monoisotopic (exact) mass is 717 g/mol. The predicted octanol–water partition coefficient (Wildman–Crippen LogP) is 6.95. The number of para-hydroxylation sites is 1. The molecule has 0 unspecified atom stereocenters. The fourth-order valence-corrected chi connectivity index (χ4v) is 6.03. The number of hydrogen-bond acceptors (Lipinski definition) is 7. The Hall–Kier alpha value is -3.87. The first-order valence-corrected chi connectivity index (χ1v) is 15.9. The molecule has 1 saturated carbocycles. The van der Waals surface area contributed by atoms with Gasteiger partial charge in [-0.25, -0.2) is 22.9 Å². The van der Waals surface area contributed by atoms with E-state index in [4.69, 9.17) is 9.90 Å². The van der Waals surface area contributed by atoms with Crippen LogP contribution >= 0.6 is 0 Å². The van der Waals surface area contributed by atoms with Crippen LogP contribution in [0.2, 0.25) is 0 Å². The number of nitrogens with zero attached hydrogens (tertiary/aromatic N) is 3. The van der Waals surface area contributed by atoms with Crippen LogP contribution in [0.5, 0.6) is 0 Å². The molecule has 3 aromatic rings. The Labute approximate surface area is 269 Å². The van der Waals surface area contributed by atoms with E-state index < -0.39 is 50.5 Å². The van der Waals surface area contributed by atoms with Crippen molar-refractivity contribution in [2.45, 2.75) is 56.0 Å². The van der Waals surface area contributed by atoms with Crippen molar-refractivity contribution >= 4 is 38.7 Å². The summed E-state index contributed by atoms with van der Waals surface area (Å²) in [6, 6.07) is 8.08. The summed E-state index contributed by atoms with van der Waals surface area (Å²) in [7, 11) is -2.64. The van der Waals surface area contributed by atoms with Crippen LogP contribution in [0.3, 0.4) is 0 Å². The highest BCUT2D eigenvalue weighted by molar-refractivity contribution is 7.89. The van der Waals surface area contributed by atoms with Crippen LogP contribution in [0.4, 0.5) is 51.3 Å². The van der Waals surface area contributed by atoms with Gasteiger partial charge in [-0.1, -0.05) is 12.1 Å². The molecule has 2 aromatic carbocycles. The number of aromatic nitrogens is 2. The molecule has 48 heavy (non-hydrogen) atoms. The maximum Gasteiger partial charge on any atom is 0.490 e. The average Bonchev–Trinajstić information content (AvgIpc) is 3.01. The van der Waals surface area contributed by atoms with Crippen molar-refractivity contribution < 1.29 is 57.8 Å². The molecule has 19 heteroatoms. The molecule has 0 atom stereocenters. The molecule has 1 aliphatic rings. The number of rotatable bonds is 9. The molecule has 0 amide bonds. The van der Waals surface area contributed by atoms with E-state index in [-0.39, 0.29) is 36.6 Å². The van der Waals surface area contributed by atoms with Crippen molar-refractivity contribution in [2.75, 3.05) is 36.9 Å². The van der Waals surface area contributed by atoms with Crippen molar-refractivity contribution in [2.24, 2.45) is 11.8 Å². The fraction of sp³-hybridized carbons (Fsp3) is 0.483. The molecule has 0 spiro atoms. The van der Waals surface area contributed by atoms with Crippen LogP contribution in [0.25, 0.3) is 10.9 Å². The number of benzene rings is 2. The molecule has 3 N–H and O–H groups in total. The predicted molar refractivity (Wildman–Crippen MR) is 158 cm³/mol. The molecule has 0 saturated heterocycles. The number of halogens is 9. The van der Waals surface area contributed by atoms with Gasteiger partial charge in [0.25, 0.3) is 0 Å². The molecule has 9 nitrogen and oxygen atoms in total. The van der Waals surface area contributed by atoms with Gasteiger partial charge in [0.1, 0.15) is 5.82 Å². The van der Waals surface area contributed by atoms with Crippen LogP contribution < -0.4 is 14.9 Å². The number of carboxylic acids is 1. The van der Waals surface area contributed by atoms with Crippen LogP contribution in [0.1, 0.15) is 43.7 Å². The summed E-state index contributed by atoms with van der Waals surface area (Å²) < 4.78 is 138. The Kier molecular flexibility index (Phi) is 12.2. The zero-order chi connectivity index (χ0) is 36.1. The molecule has 1 aliphatic carbocycles. The molecule has 0 radical (unpaired) electrons. The van der Waals surface area contributed by atoms with Crippen molar-refractivity contribution in [1.29, 1.82) is 0 Å². The van der Waals surface area contributed by atoms with E-state index in [1.807, 2.05) is 43.1 Å². The molecule has 1 fully saturated rings. The van der Waals surface area contributed by atoms with E-state index in [2.05, 4.69) is 20.0 Å². The highest BCUT2D eigenvalue weighted by Crippen LogP contribution is 2.37. The maximum atomic E-state index is 13.2. The molecule has 266 valence electrons. The summed E-state index contributed by atoms with van der Waals surface area (Å²) in [6.45, 7) is 3.32. The summed E-state index contributed by atoms with van der Waals surface area (Å²) in [4.78, 5) is 19.2. The molecular formula is C29H32F9N5O4S. The van der Waals surface area contributed by atoms with Gasteiger partial charge in [-0.15, -0.1) is 0 Å². The standard InChI is InChI=1S/C27H31F6N5O2S.C2HF3O2/c1-3-38(2)24-22-6-4-5-7-23(22)36-25(37-24)34-15-17-8-10-18(11-9-17)16-35-41(39,40)21-13-19(26(28,29)30)12-20(14-21)27(31,32)33;3-2(4,5)1(6)7/h4-7,12-14,17-18,35H,3,8-11,15-16H2,1-2H3,(H,34,36,37);(H,6,7). The number of hydrogen-bond donors (Lipinski definition) is 3. The van der Waals surface area contributed by atoms with Crippen molar-refractivity contribution in [3.8, 4) is 0 Å². The lowest BCUT2D eigenvalue weighted by Gasteiger charge is -2.29. The third-order valence-corrected chi connectivity index (χ3v) is 9.01. The van der Waals surface area contributed by atoms with Crippen molar-refractivity contribution in [1.82, 2.24) is 14.7 Å². The largest absolute Gasteiger partial charge is 0.490 e. The molecule has 0 aliphatic heterocycles. The molecular weight excluding hydrogens is 685 g/mol. The fourth-order valence-electron chi connectivity index (χ4n) is 4.85. The Balaban J connectivity index is 0.000000804. The van der Waals surface area contributed by atoms with E-state index in [9.17, 15) is 47.9 Å². The molecule has 0 bridgehead atoms. The Morgan fingerprint density at radius 2 is 1.38 bits per heavy atom. The minimum atomic E-state index is -5.14. The first kappa shape index (κ1) is 38.6. The number of sulfonamides is 1. The lowest BCUT2D eigenvalue weighted by molar-refractivity contribution is -0.192. The maximum absolute atomic E-state index is 13.2. The highest BCUT2D eigenvalue weighted by Gasteiger charge is 2.39. The van der Waals surface area contributed by atoms with Gasteiger partial charge >= 0.3 is 24.5 Å². The molecule has 1 aromatic heterocycles. The zero-order valence-electron chi connectivity index (χ0n) is 25.5. The van der Waals surface area contributed by atoms with Gasteiger partial charge in [-0.05, 0) is 74.8 Å². The van der Waals surface area contributed by atoms with Gasteiger partial charge in [0.15, 0.2) is 0 Å². The Bertz CT molecular complexity index is 1640. The first-order valence-electron chi connectivity index (χ1n) is 14.4. The number of carboxylic acid groups (broad SMARTS) is 1. The lowest BCUT2D eigenvalue weighted by Crippen LogP contribution is -2.32. The second kappa shape index (κ2) is 15.1. The van der Waals surface area contributed by atoms with Crippen LogP contribution in [-0.2, 0) is 27.2 Å². The Morgan fingerprint density at radius 1 is 0.875 bits per heavy atom. The number of alkyl halides is 9. The average molecular weight is 718 g/mol. The number of aliphatic carboxylic acids is 1. The van der Waals surface area contributed by atoms with E-state index in [1.54, 1.807) is 0 Å². The lowest BCUT2D eigenvalue weighted by atomic mass is 9.82. The van der Waals surface area contributed by atoms with Gasteiger partial charge in [-0.3, -0.25) is 0 Å². The summed E-state index contributed by atoms with van der Waals surface area (Å²) >= 11 is 0. The Morgan fingerprint density at radius 3 is 1.85 bits per heavy atom. The number of anilines is 2. The van der Waals surface area contributed by atoms with Gasteiger partial charge < -0.3 is 15.3 Å². The normalized spacial score (nSPS) is 17.4. The van der Waals surface area contributed by atoms with E-state index in [0.29, 0.717) is 25.3 Å². The summed E-state index contributed by atoms with van der Waals surface area (Å²) in [6.07, 6.45) is -12.5. The van der Waals surface area contributed by atoms with Crippen LogP contribution in [0.15, 0.2) is 47.4 Å². The van der Waals surface area contributed by atoms with Crippen molar-refractivity contribution in [3.05, 3.63) is 53.6 Å². The highest BCUT2D eigenvalue weighted by atomic mass is 32.2. The summed E-state index contributed by atoms with van der Waals surface area (Å²) in [5, 5.41) is 11.4. The van der Waals surface area contributed by atoms with Gasteiger partial charge in [-0.2, -0.15) is 44.5 Å². The second-order valence-corrected chi connectivity index (χ2v) is 12.8. The third kappa shape index (κ3) is 10.6. The molecule has 4 rings (SSSR count). The summed E-state index contributed by atoms with van der Waals surface area (Å²) in [5.74, 6) is -1.26. The minimum absolute atomic E-state index is 0.0828. The van der Waals surface area contributed by atoms with E-state index in [1.165, 1.54) is 0 Å². The SMILES string of the molecule is CCN(C)c1nc(NCC2CCC(CNS(=O)(=O)c3cc(C(F)(F)F)cc(C(F)(F)F)c3)CC2)nc2ccccc12.O=C(O)C(F)(F)F.